The van der Waals surface area contributed by atoms with E-state index in [4.69, 9.17) is 12.2 Å². The highest BCUT2D eigenvalue weighted by Crippen LogP contribution is 2.23. The third-order valence-corrected chi connectivity index (χ3v) is 6.32. The highest BCUT2D eigenvalue weighted by molar-refractivity contribution is 7.98. The van der Waals surface area contributed by atoms with E-state index in [-0.39, 0.29) is 0 Å². The fourth-order valence-corrected chi connectivity index (χ4v) is 4.51. The van der Waals surface area contributed by atoms with E-state index < -0.39 is 0 Å². The molecule has 0 spiro atoms. The van der Waals surface area contributed by atoms with Crippen molar-refractivity contribution in [1.82, 2.24) is 14.2 Å². The van der Waals surface area contributed by atoms with Crippen LogP contribution < -0.4 is 0 Å². The summed E-state index contributed by atoms with van der Waals surface area (Å²) in [6, 6.07) is 8.51. The lowest BCUT2D eigenvalue weighted by atomic mass is 10.1. The average Bonchev–Trinajstić information content (AvgIpc) is 3.00. The molecule has 0 aliphatic rings. The molecule has 1 aromatic carbocycles. The monoisotopic (exact) mass is 405 g/mol. The fraction of sp³-hybridized carbons (Fsp3) is 0.636. The van der Waals surface area contributed by atoms with Gasteiger partial charge in [0.25, 0.3) is 0 Å². The van der Waals surface area contributed by atoms with Crippen molar-refractivity contribution in [3.05, 3.63) is 40.4 Å². The van der Waals surface area contributed by atoms with E-state index in [1.54, 1.807) is 11.9 Å². The molecule has 0 atom stereocenters. The zero-order valence-corrected chi connectivity index (χ0v) is 18.6. The summed E-state index contributed by atoms with van der Waals surface area (Å²) in [4.78, 5) is 1.20. The summed E-state index contributed by atoms with van der Waals surface area (Å²) in [6.45, 7) is 4.39. The Morgan fingerprint density at radius 1 is 0.963 bits per heavy atom. The summed E-state index contributed by atoms with van der Waals surface area (Å²) < 4.78 is 2.76. The average molecular weight is 406 g/mol. The van der Waals surface area contributed by atoms with Gasteiger partial charge in [0.2, 0.25) is 4.77 Å². The minimum absolute atomic E-state index is 0.694. The first-order valence-corrected chi connectivity index (χ1v) is 11.8. The Hall–Kier alpha value is -1.07. The molecular formula is C22H35N3S2. The van der Waals surface area contributed by atoms with Gasteiger partial charge in [0.1, 0.15) is 5.82 Å². The highest BCUT2D eigenvalue weighted by Gasteiger charge is 2.08. The zero-order valence-electron chi connectivity index (χ0n) is 17.0. The van der Waals surface area contributed by atoms with Gasteiger partial charge in [-0.05, 0) is 55.2 Å². The maximum atomic E-state index is 5.42. The van der Waals surface area contributed by atoms with Crippen molar-refractivity contribution in [2.24, 2.45) is 0 Å². The van der Waals surface area contributed by atoms with Gasteiger partial charge < -0.3 is 0 Å². The maximum absolute atomic E-state index is 5.42. The molecule has 27 heavy (non-hydrogen) atoms. The van der Waals surface area contributed by atoms with Crippen LogP contribution in [-0.4, -0.2) is 14.2 Å². The SMILES string of the molecule is CCCCCCCCCCCCCc1n[nH]c(=S)n1Sc1cccc(C)c1. The topological polar surface area (TPSA) is 33.6 Å². The second-order valence-electron chi connectivity index (χ2n) is 7.43. The van der Waals surface area contributed by atoms with Gasteiger partial charge in [-0.3, -0.25) is 5.10 Å². The third-order valence-electron chi connectivity index (χ3n) is 4.89. The van der Waals surface area contributed by atoms with Crippen molar-refractivity contribution in [2.75, 3.05) is 0 Å². The summed E-state index contributed by atoms with van der Waals surface area (Å²) in [5, 5.41) is 7.40. The summed E-state index contributed by atoms with van der Waals surface area (Å²) in [6.07, 6.45) is 16.0. The van der Waals surface area contributed by atoms with Crippen LogP contribution in [0.3, 0.4) is 0 Å². The smallest absolute Gasteiger partial charge is 0.205 e. The van der Waals surface area contributed by atoms with Crippen molar-refractivity contribution >= 4 is 24.2 Å². The van der Waals surface area contributed by atoms with Crippen molar-refractivity contribution in [2.45, 2.75) is 95.8 Å². The number of nitrogens with one attached hydrogen (secondary N) is 1. The second-order valence-corrected chi connectivity index (χ2v) is 8.84. The molecule has 0 amide bonds. The molecular weight excluding hydrogens is 370 g/mol. The normalized spacial score (nSPS) is 11.2. The Morgan fingerprint density at radius 2 is 1.59 bits per heavy atom. The highest BCUT2D eigenvalue weighted by atomic mass is 32.2. The molecule has 0 bridgehead atoms. The Bertz CT molecular complexity index is 706. The van der Waals surface area contributed by atoms with E-state index >= 15 is 0 Å². The standard InChI is InChI=1S/C22H35N3S2/c1-3-4-5-6-7-8-9-10-11-12-13-17-21-23-24-22(26)25(21)27-20-16-14-15-19(2)18-20/h14-16,18H,3-13,17H2,1-2H3,(H,24,26). The zero-order chi connectivity index (χ0) is 19.3. The van der Waals surface area contributed by atoms with Gasteiger partial charge in [-0.2, -0.15) is 5.10 Å². The van der Waals surface area contributed by atoms with Crippen molar-refractivity contribution in [3.63, 3.8) is 0 Å². The Morgan fingerprint density at radius 3 is 2.22 bits per heavy atom. The third kappa shape index (κ3) is 8.65. The van der Waals surface area contributed by atoms with Crippen molar-refractivity contribution in [3.8, 4) is 0 Å². The quantitative estimate of drug-likeness (QED) is 0.259. The Kier molecular flexibility index (Phi) is 10.8. The molecule has 5 heteroatoms. The molecule has 3 nitrogen and oxygen atoms in total. The largest absolute Gasteiger partial charge is 0.251 e. The number of H-pyrrole nitrogens is 1. The predicted octanol–water partition coefficient (Wildman–Crippen LogP) is 7.66. The number of unbranched alkanes of at least 4 members (excludes halogenated alkanes) is 10. The van der Waals surface area contributed by atoms with E-state index in [9.17, 15) is 0 Å². The number of benzene rings is 1. The first-order chi connectivity index (χ1) is 13.2. The van der Waals surface area contributed by atoms with E-state index in [1.807, 2.05) is 0 Å². The molecule has 2 rings (SSSR count). The first kappa shape index (κ1) is 22.2. The summed E-state index contributed by atoms with van der Waals surface area (Å²) >= 11 is 7.08. The lowest BCUT2D eigenvalue weighted by Crippen LogP contribution is -1.97. The lowest BCUT2D eigenvalue weighted by molar-refractivity contribution is 0.547. The molecule has 150 valence electrons. The van der Waals surface area contributed by atoms with E-state index in [0.717, 1.165) is 12.2 Å². The molecule has 1 aromatic heterocycles. The lowest BCUT2D eigenvalue weighted by Gasteiger charge is -2.07. The van der Waals surface area contributed by atoms with Gasteiger partial charge in [-0.15, -0.1) is 0 Å². The molecule has 1 N–H and O–H groups in total. The number of nitrogens with zero attached hydrogens (tertiary/aromatic N) is 2. The predicted molar refractivity (Wildman–Crippen MR) is 120 cm³/mol. The Labute approximate surface area is 174 Å². The van der Waals surface area contributed by atoms with Gasteiger partial charge in [-0.25, -0.2) is 3.97 Å². The number of hydrogen-bond donors (Lipinski definition) is 1. The van der Waals surface area contributed by atoms with Gasteiger partial charge in [0.05, 0.1) is 0 Å². The molecule has 0 radical (unpaired) electrons. The molecule has 2 aromatic rings. The van der Waals surface area contributed by atoms with Crippen LogP contribution in [0.2, 0.25) is 0 Å². The molecule has 1 heterocycles. The van der Waals surface area contributed by atoms with E-state index in [2.05, 4.69) is 52.3 Å². The van der Waals surface area contributed by atoms with Crippen LogP contribution in [0, 0.1) is 11.7 Å². The van der Waals surface area contributed by atoms with Crippen LogP contribution in [0.4, 0.5) is 0 Å². The van der Waals surface area contributed by atoms with Crippen LogP contribution >= 0.6 is 24.2 Å². The first-order valence-electron chi connectivity index (χ1n) is 10.6. The van der Waals surface area contributed by atoms with Crippen LogP contribution in [0.5, 0.6) is 0 Å². The molecule has 0 unspecified atom stereocenters. The molecule has 0 fully saturated rings. The van der Waals surface area contributed by atoms with Gasteiger partial charge in [-0.1, -0.05) is 83.3 Å². The Balaban J connectivity index is 1.63. The van der Waals surface area contributed by atoms with E-state index in [0.29, 0.717) is 4.77 Å². The molecule has 0 saturated carbocycles. The molecule has 0 saturated heterocycles. The number of aryl methyl sites for hydroxylation is 2. The number of rotatable bonds is 14. The summed E-state index contributed by atoms with van der Waals surface area (Å²) in [5.74, 6) is 1.06. The van der Waals surface area contributed by atoms with Crippen molar-refractivity contribution < 1.29 is 0 Å². The van der Waals surface area contributed by atoms with Gasteiger partial charge in [0, 0.05) is 11.3 Å². The summed E-state index contributed by atoms with van der Waals surface area (Å²) in [7, 11) is 0. The van der Waals surface area contributed by atoms with Crippen LogP contribution in [0.15, 0.2) is 29.2 Å². The maximum Gasteiger partial charge on any atom is 0.205 e. The minimum Gasteiger partial charge on any atom is -0.251 e. The fourth-order valence-electron chi connectivity index (χ4n) is 3.30. The summed E-state index contributed by atoms with van der Waals surface area (Å²) in [5.41, 5.74) is 1.27. The van der Waals surface area contributed by atoms with Crippen LogP contribution in [-0.2, 0) is 6.42 Å². The number of aromatic nitrogens is 3. The number of hydrogen-bond acceptors (Lipinski definition) is 3. The molecule has 0 aliphatic carbocycles. The molecule has 0 aliphatic heterocycles. The van der Waals surface area contributed by atoms with Gasteiger partial charge >= 0.3 is 0 Å². The van der Waals surface area contributed by atoms with Crippen LogP contribution in [0.1, 0.15) is 88.9 Å². The number of aromatic amines is 1. The van der Waals surface area contributed by atoms with Gasteiger partial charge in [0.15, 0.2) is 0 Å². The second kappa shape index (κ2) is 13.2. The van der Waals surface area contributed by atoms with Crippen molar-refractivity contribution in [1.29, 1.82) is 0 Å². The minimum atomic E-state index is 0.694. The van der Waals surface area contributed by atoms with E-state index in [1.165, 1.54) is 81.1 Å². The van der Waals surface area contributed by atoms with Crippen LogP contribution in [0.25, 0.3) is 0 Å².